The summed E-state index contributed by atoms with van der Waals surface area (Å²) in [6, 6.07) is 6.85. The third kappa shape index (κ3) is 5.32. The lowest BCUT2D eigenvalue weighted by molar-refractivity contribution is 0.0240. The highest BCUT2D eigenvalue weighted by Gasteiger charge is 2.26. The molecule has 23 heavy (non-hydrogen) atoms. The van der Waals surface area contributed by atoms with E-state index < -0.39 is 11.6 Å². The van der Waals surface area contributed by atoms with E-state index in [9.17, 15) is 9.59 Å². The Morgan fingerprint density at radius 1 is 1.13 bits per heavy atom. The number of piperazine rings is 1. The van der Waals surface area contributed by atoms with Crippen LogP contribution in [0.1, 0.15) is 31.1 Å². The molecule has 1 N–H and O–H groups in total. The number of hydrogen-bond donors (Lipinski definition) is 1. The first-order valence-electron chi connectivity index (χ1n) is 7.32. The Hall–Kier alpha value is -1.95. The predicted octanol–water partition coefficient (Wildman–Crippen LogP) is 2.86. The van der Waals surface area contributed by atoms with Gasteiger partial charge < -0.3 is 19.6 Å². The Balaban J connectivity index is 0.00000264. The van der Waals surface area contributed by atoms with Crippen LogP contribution >= 0.6 is 12.4 Å². The number of aromatic carboxylic acids is 1. The Morgan fingerprint density at radius 2 is 1.74 bits per heavy atom. The number of benzene rings is 1. The van der Waals surface area contributed by atoms with E-state index in [1.165, 1.54) is 0 Å². The SMILES string of the molecule is CC(C)(C)OC(=O)N1CCN(c2cccc(C(=O)O)c2)CC1.Cl. The minimum absolute atomic E-state index is 0. The number of carboxylic acid groups (broad SMARTS) is 1. The van der Waals surface area contributed by atoms with Crippen LogP contribution in [0.2, 0.25) is 0 Å². The van der Waals surface area contributed by atoms with Crippen molar-refractivity contribution in [3.8, 4) is 0 Å². The average Bonchev–Trinajstić information content (AvgIpc) is 2.46. The Morgan fingerprint density at radius 3 is 2.26 bits per heavy atom. The quantitative estimate of drug-likeness (QED) is 0.895. The molecule has 1 amide bonds. The Bertz CT molecular complexity index is 563. The van der Waals surface area contributed by atoms with Crippen LogP contribution in [0, 0.1) is 0 Å². The first kappa shape index (κ1) is 19.1. The molecule has 0 spiro atoms. The Kier molecular flexibility index (Phi) is 6.27. The van der Waals surface area contributed by atoms with E-state index in [2.05, 4.69) is 4.90 Å². The molecule has 1 fully saturated rings. The van der Waals surface area contributed by atoms with Crippen molar-refractivity contribution in [3.63, 3.8) is 0 Å². The van der Waals surface area contributed by atoms with Crippen molar-refractivity contribution in [1.29, 1.82) is 0 Å². The molecule has 128 valence electrons. The maximum Gasteiger partial charge on any atom is 0.410 e. The highest BCUT2D eigenvalue weighted by Crippen LogP contribution is 2.19. The second kappa shape index (κ2) is 7.55. The third-order valence-electron chi connectivity index (χ3n) is 3.39. The van der Waals surface area contributed by atoms with Gasteiger partial charge in [-0.1, -0.05) is 6.07 Å². The zero-order valence-electron chi connectivity index (χ0n) is 13.6. The lowest BCUT2D eigenvalue weighted by atomic mass is 10.1. The second-order valence-corrected chi connectivity index (χ2v) is 6.31. The molecule has 1 aliphatic heterocycles. The molecule has 0 aromatic heterocycles. The van der Waals surface area contributed by atoms with Crippen molar-refractivity contribution in [2.24, 2.45) is 0 Å². The molecule has 0 unspecified atom stereocenters. The summed E-state index contributed by atoms with van der Waals surface area (Å²) < 4.78 is 5.36. The van der Waals surface area contributed by atoms with Crippen molar-refractivity contribution >= 4 is 30.2 Å². The van der Waals surface area contributed by atoms with Gasteiger partial charge in [0.25, 0.3) is 0 Å². The summed E-state index contributed by atoms with van der Waals surface area (Å²) in [7, 11) is 0. The number of carbonyl (C=O) groups is 2. The lowest BCUT2D eigenvalue weighted by Crippen LogP contribution is -2.50. The van der Waals surface area contributed by atoms with Crippen LogP contribution < -0.4 is 4.90 Å². The fourth-order valence-corrected chi connectivity index (χ4v) is 2.31. The normalized spacial score (nSPS) is 14.9. The van der Waals surface area contributed by atoms with E-state index >= 15 is 0 Å². The third-order valence-corrected chi connectivity index (χ3v) is 3.39. The maximum absolute atomic E-state index is 12.0. The molecule has 0 aliphatic carbocycles. The monoisotopic (exact) mass is 342 g/mol. The van der Waals surface area contributed by atoms with Crippen LogP contribution in [0.4, 0.5) is 10.5 Å². The average molecular weight is 343 g/mol. The van der Waals surface area contributed by atoms with Gasteiger partial charge in [-0.05, 0) is 39.0 Å². The van der Waals surface area contributed by atoms with E-state index in [1.54, 1.807) is 23.1 Å². The molecule has 1 aromatic carbocycles. The van der Waals surface area contributed by atoms with Crippen LogP contribution in [-0.2, 0) is 4.74 Å². The summed E-state index contributed by atoms with van der Waals surface area (Å²) in [5, 5.41) is 9.04. The number of rotatable bonds is 2. The molecule has 0 bridgehead atoms. The topological polar surface area (TPSA) is 70.1 Å². The minimum Gasteiger partial charge on any atom is -0.478 e. The number of anilines is 1. The van der Waals surface area contributed by atoms with E-state index in [0.29, 0.717) is 26.2 Å². The van der Waals surface area contributed by atoms with Crippen molar-refractivity contribution in [2.75, 3.05) is 31.1 Å². The number of carboxylic acids is 1. The molecule has 1 heterocycles. The van der Waals surface area contributed by atoms with E-state index in [4.69, 9.17) is 9.84 Å². The van der Waals surface area contributed by atoms with Crippen molar-refractivity contribution < 1.29 is 19.4 Å². The summed E-state index contributed by atoms with van der Waals surface area (Å²) in [4.78, 5) is 26.8. The number of halogens is 1. The number of amides is 1. The molecule has 0 atom stereocenters. The van der Waals surface area contributed by atoms with Crippen molar-refractivity contribution in [1.82, 2.24) is 4.90 Å². The zero-order chi connectivity index (χ0) is 16.3. The van der Waals surface area contributed by atoms with Crippen LogP contribution in [0.25, 0.3) is 0 Å². The molecule has 1 saturated heterocycles. The van der Waals surface area contributed by atoms with Gasteiger partial charge in [0.05, 0.1) is 5.56 Å². The first-order valence-corrected chi connectivity index (χ1v) is 7.32. The molecule has 1 aromatic rings. The van der Waals surface area contributed by atoms with Gasteiger partial charge in [-0.3, -0.25) is 0 Å². The fraction of sp³-hybridized carbons (Fsp3) is 0.500. The zero-order valence-corrected chi connectivity index (χ0v) is 14.4. The molecular formula is C16H23ClN2O4. The van der Waals surface area contributed by atoms with E-state index in [-0.39, 0.29) is 24.1 Å². The number of ether oxygens (including phenoxy) is 1. The minimum atomic E-state index is -0.936. The van der Waals surface area contributed by atoms with Crippen LogP contribution in [0.3, 0.4) is 0 Å². The molecule has 6 nitrogen and oxygen atoms in total. The van der Waals surface area contributed by atoms with Gasteiger partial charge in [0, 0.05) is 31.9 Å². The van der Waals surface area contributed by atoms with Gasteiger partial charge >= 0.3 is 12.1 Å². The second-order valence-electron chi connectivity index (χ2n) is 6.31. The summed E-state index contributed by atoms with van der Waals surface area (Å²) in [6.07, 6.45) is -0.300. The molecule has 1 aliphatic rings. The largest absolute Gasteiger partial charge is 0.478 e. The van der Waals surface area contributed by atoms with Gasteiger partial charge in [-0.25, -0.2) is 9.59 Å². The first-order chi connectivity index (χ1) is 10.3. The standard InChI is InChI=1S/C16H22N2O4.ClH/c1-16(2,3)22-15(21)18-9-7-17(8-10-18)13-6-4-5-12(11-13)14(19)20;/h4-6,11H,7-10H2,1-3H3,(H,19,20);1H. The summed E-state index contributed by atoms with van der Waals surface area (Å²) in [6.45, 7) is 7.97. The maximum atomic E-state index is 12.0. The van der Waals surface area contributed by atoms with Gasteiger partial charge in [-0.15, -0.1) is 12.4 Å². The highest BCUT2D eigenvalue weighted by atomic mass is 35.5. The Labute approximate surface area is 142 Å². The number of hydrogen-bond acceptors (Lipinski definition) is 4. The fourth-order valence-electron chi connectivity index (χ4n) is 2.31. The summed E-state index contributed by atoms with van der Waals surface area (Å²) in [5.74, 6) is -0.936. The highest BCUT2D eigenvalue weighted by molar-refractivity contribution is 5.88. The van der Waals surface area contributed by atoms with Gasteiger partial charge in [0.2, 0.25) is 0 Å². The smallest absolute Gasteiger partial charge is 0.410 e. The molecule has 0 saturated carbocycles. The summed E-state index contributed by atoms with van der Waals surface area (Å²) >= 11 is 0. The van der Waals surface area contributed by atoms with Gasteiger partial charge in [0.15, 0.2) is 0 Å². The van der Waals surface area contributed by atoms with Gasteiger partial charge in [0.1, 0.15) is 5.60 Å². The predicted molar refractivity (Wildman–Crippen MR) is 90.7 cm³/mol. The van der Waals surface area contributed by atoms with E-state index in [1.807, 2.05) is 26.8 Å². The van der Waals surface area contributed by atoms with Gasteiger partial charge in [-0.2, -0.15) is 0 Å². The molecule has 7 heteroatoms. The van der Waals surface area contributed by atoms with Crippen molar-refractivity contribution in [3.05, 3.63) is 29.8 Å². The van der Waals surface area contributed by atoms with Crippen LogP contribution in [0.5, 0.6) is 0 Å². The lowest BCUT2D eigenvalue weighted by Gasteiger charge is -2.36. The molecular weight excluding hydrogens is 320 g/mol. The summed E-state index contributed by atoms with van der Waals surface area (Å²) in [5.41, 5.74) is 0.639. The van der Waals surface area contributed by atoms with Crippen LogP contribution in [0.15, 0.2) is 24.3 Å². The molecule has 0 radical (unpaired) electrons. The molecule has 2 rings (SSSR count). The number of nitrogens with zero attached hydrogens (tertiary/aromatic N) is 2. The van der Waals surface area contributed by atoms with E-state index in [0.717, 1.165) is 5.69 Å². The van der Waals surface area contributed by atoms with Crippen LogP contribution in [-0.4, -0.2) is 53.8 Å². The van der Waals surface area contributed by atoms with Crippen molar-refractivity contribution in [2.45, 2.75) is 26.4 Å². The number of carbonyl (C=O) groups excluding carboxylic acids is 1.